The van der Waals surface area contributed by atoms with E-state index < -0.39 is 17.6 Å². The van der Waals surface area contributed by atoms with Gasteiger partial charge in [0.2, 0.25) is 5.91 Å². The van der Waals surface area contributed by atoms with Gasteiger partial charge in [0.1, 0.15) is 13.4 Å². The average Bonchev–Trinajstić information content (AvgIpc) is 2.80. The smallest absolute Gasteiger partial charge is 0.325 e. The van der Waals surface area contributed by atoms with Crippen LogP contribution in [0.15, 0.2) is 0 Å². The van der Waals surface area contributed by atoms with Crippen LogP contribution in [0.4, 0.5) is 0 Å². The van der Waals surface area contributed by atoms with Crippen molar-refractivity contribution in [3.8, 4) is 0 Å². The Kier molecular flexibility index (Phi) is 7.03. The Bertz CT molecular complexity index is 386. The first kappa shape index (κ1) is 18.3. The first-order valence-electron chi connectivity index (χ1n) is 7.42. The highest BCUT2D eigenvalue weighted by Gasteiger charge is 2.50. The molecule has 1 aliphatic heterocycles. The van der Waals surface area contributed by atoms with Gasteiger partial charge in [0.25, 0.3) is 0 Å². The van der Waals surface area contributed by atoms with Crippen molar-refractivity contribution in [3.63, 3.8) is 0 Å². The van der Waals surface area contributed by atoms with Gasteiger partial charge in [0.15, 0.2) is 0 Å². The number of nitrogens with zero attached hydrogens (tertiary/aromatic N) is 1. The van der Waals surface area contributed by atoms with Crippen molar-refractivity contribution in [1.29, 1.82) is 0 Å². The highest BCUT2D eigenvalue weighted by atomic mass is 32.2. The second-order valence-corrected chi connectivity index (χ2v) is 6.78. The zero-order valence-corrected chi connectivity index (χ0v) is 13.7. The van der Waals surface area contributed by atoms with Crippen molar-refractivity contribution >= 4 is 31.5 Å². The van der Waals surface area contributed by atoms with E-state index in [-0.39, 0.29) is 18.4 Å². The highest BCUT2D eigenvalue weighted by Crippen LogP contribution is 2.30. The lowest BCUT2D eigenvalue weighted by Gasteiger charge is -2.25. The molecule has 1 saturated heterocycles. The van der Waals surface area contributed by atoms with Gasteiger partial charge < -0.3 is 21.5 Å². The van der Waals surface area contributed by atoms with Gasteiger partial charge in [0, 0.05) is 19.0 Å². The summed E-state index contributed by atoms with van der Waals surface area (Å²) in [5.74, 6) is -0.602. The van der Waals surface area contributed by atoms with Crippen LogP contribution in [-0.2, 0) is 9.59 Å². The van der Waals surface area contributed by atoms with Crippen molar-refractivity contribution in [1.82, 2.24) is 4.90 Å². The molecule has 5 N–H and O–H groups in total. The van der Waals surface area contributed by atoms with Gasteiger partial charge in [-0.05, 0) is 24.9 Å². The number of nitrogens with two attached hydrogens (primary N) is 2. The first-order valence-corrected chi connectivity index (χ1v) is 8.81. The number of hydrogen-bond donors (Lipinski definition) is 3. The SMILES string of the molecule is BCCC[C@H]1CN(C(=O)[C@@H](N)CCSC)C[C@@]1(N)C(=O)O. The molecular weight excluding hydrogens is 289 g/mol. The first-order chi connectivity index (χ1) is 9.86. The van der Waals surface area contributed by atoms with Crippen molar-refractivity contribution < 1.29 is 14.7 Å². The van der Waals surface area contributed by atoms with Crippen LogP contribution in [0.2, 0.25) is 6.32 Å². The normalized spacial score (nSPS) is 26.8. The number of amides is 1. The minimum atomic E-state index is -1.34. The van der Waals surface area contributed by atoms with Crippen LogP contribution in [0.1, 0.15) is 19.3 Å². The fourth-order valence-corrected chi connectivity index (χ4v) is 3.24. The molecule has 0 spiro atoms. The van der Waals surface area contributed by atoms with Gasteiger partial charge in [-0.2, -0.15) is 11.8 Å². The molecular formula is C13H26BN3O3S. The summed E-state index contributed by atoms with van der Waals surface area (Å²) in [6.45, 7) is 0.455. The number of thioether (sulfide) groups is 1. The maximum absolute atomic E-state index is 12.3. The number of hydrogen-bond acceptors (Lipinski definition) is 5. The standard InChI is InChI=1S/C13H26BN3O3S/c1-21-6-4-10(15)11(18)17-7-9(3-2-5-14)13(16,8-17)12(19)20/h9-10H,2-8,14-16H2,1H3,(H,19,20)/t9-,10-,13-/m0/s1. The molecule has 0 radical (unpaired) electrons. The molecule has 120 valence electrons. The third kappa shape index (κ3) is 4.37. The van der Waals surface area contributed by atoms with Crippen molar-refractivity contribution in [3.05, 3.63) is 0 Å². The lowest BCUT2D eigenvalue weighted by Crippen LogP contribution is -2.55. The quantitative estimate of drug-likeness (QED) is 0.503. The molecule has 0 unspecified atom stereocenters. The molecule has 8 heteroatoms. The summed E-state index contributed by atoms with van der Waals surface area (Å²) in [5, 5.41) is 9.42. The van der Waals surface area contributed by atoms with Crippen LogP contribution in [0.5, 0.6) is 0 Å². The number of carbonyl (C=O) groups is 2. The summed E-state index contributed by atoms with van der Waals surface area (Å²) in [5.41, 5.74) is 10.6. The fraction of sp³-hybridized carbons (Fsp3) is 0.846. The summed E-state index contributed by atoms with van der Waals surface area (Å²) in [7, 11) is 2.05. The van der Waals surface area contributed by atoms with Crippen LogP contribution < -0.4 is 11.5 Å². The summed E-state index contributed by atoms with van der Waals surface area (Å²) < 4.78 is 0. The van der Waals surface area contributed by atoms with Gasteiger partial charge in [-0.15, -0.1) is 0 Å². The van der Waals surface area contributed by atoms with Gasteiger partial charge in [-0.3, -0.25) is 9.59 Å². The van der Waals surface area contributed by atoms with Gasteiger partial charge in [-0.1, -0.05) is 12.7 Å². The van der Waals surface area contributed by atoms with Crippen LogP contribution >= 0.6 is 11.8 Å². The largest absolute Gasteiger partial charge is 0.480 e. The molecule has 1 heterocycles. The van der Waals surface area contributed by atoms with Gasteiger partial charge in [0.05, 0.1) is 6.04 Å². The topological polar surface area (TPSA) is 110 Å². The number of carboxylic acid groups (broad SMARTS) is 1. The fourth-order valence-electron chi connectivity index (χ4n) is 2.75. The van der Waals surface area contributed by atoms with E-state index in [1.54, 1.807) is 16.7 Å². The van der Waals surface area contributed by atoms with Crippen LogP contribution in [0.25, 0.3) is 0 Å². The van der Waals surface area contributed by atoms with Crippen LogP contribution in [0, 0.1) is 5.92 Å². The Balaban J connectivity index is 2.74. The Morgan fingerprint density at radius 2 is 2.24 bits per heavy atom. The van der Waals surface area contributed by atoms with Gasteiger partial charge in [-0.25, -0.2) is 0 Å². The number of aliphatic carboxylic acids is 1. The van der Waals surface area contributed by atoms with E-state index >= 15 is 0 Å². The minimum Gasteiger partial charge on any atom is -0.480 e. The van der Waals surface area contributed by atoms with Crippen LogP contribution in [-0.4, -0.2) is 66.4 Å². The monoisotopic (exact) mass is 315 g/mol. The van der Waals surface area contributed by atoms with Gasteiger partial charge >= 0.3 is 5.97 Å². The predicted octanol–water partition coefficient (Wildman–Crippen LogP) is -0.861. The maximum Gasteiger partial charge on any atom is 0.325 e. The Morgan fingerprint density at radius 1 is 1.57 bits per heavy atom. The molecule has 0 aromatic carbocycles. The molecule has 21 heavy (non-hydrogen) atoms. The zero-order chi connectivity index (χ0) is 16.0. The van der Waals surface area contributed by atoms with E-state index in [9.17, 15) is 14.7 Å². The Morgan fingerprint density at radius 3 is 2.76 bits per heavy atom. The van der Waals surface area contributed by atoms with E-state index in [2.05, 4.69) is 7.85 Å². The second kappa shape index (κ2) is 8.05. The Labute approximate surface area is 131 Å². The third-order valence-electron chi connectivity index (χ3n) is 4.19. The number of carboxylic acids is 1. The molecule has 0 aliphatic carbocycles. The third-order valence-corrected chi connectivity index (χ3v) is 4.83. The Hall–Kier alpha value is -0.725. The van der Waals surface area contributed by atoms with E-state index in [1.165, 1.54) is 0 Å². The molecule has 1 fully saturated rings. The summed E-state index contributed by atoms with van der Waals surface area (Å²) in [6, 6.07) is -0.569. The lowest BCUT2D eigenvalue weighted by atomic mass is 9.83. The van der Waals surface area contributed by atoms with Crippen molar-refractivity contribution in [2.24, 2.45) is 17.4 Å². The molecule has 1 rings (SSSR count). The molecule has 1 aliphatic rings. The number of rotatable bonds is 8. The summed E-state index contributed by atoms with van der Waals surface area (Å²) in [4.78, 5) is 25.4. The van der Waals surface area contributed by atoms with E-state index in [1.807, 2.05) is 6.26 Å². The predicted molar refractivity (Wildman–Crippen MR) is 88.2 cm³/mol. The molecule has 0 saturated carbocycles. The molecule has 6 nitrogen and oxygen atoms in total. The highest BCUT2D eigenvalue weighted by molar-refractivity contribution is 7.98. The molecule has 0 aromatic heterocycles. The second-order valence-electron chi connectivity index (χ2n) is 5.79. The molecule has 0 aromatic rings. The lowest BCUT2D eigenvalue weighted by molar-refractivity contribution is -0.144. The van der Waals surface area contributed by atoms with E-state index in [4.69, 9.17) is 11.5 Å². The van der Waals surface area contributed by atoms with E-state index in [0.29, 0.717) is 13.0 Å². The number of carbonyl (C=O) groups excluding carboxylic acids is 1. The van der Waals surface area contributed by atoms with Crippen LogP contribution in [0.3, 0.4) is 0 Å². The zero-order valence-electron chi connectivity index (χ0n) is 12.9. The maximum atomic E-state index is 12.3. The number of likely N-dealkylation sites (tertiary alicyclic amines) is 1. The average molecular weight is 315 g/mol. The minimum absolute atomic E-state index is 0.0581. The summed E-state index contributed by atoms with van der Waals surface area (Å²) >= 11 is 1.64. The van der Waals surface area contributed by atoms with Crippen molar-refractivity contribution in [2.45, 2.75) is 37.2 Å². The van der Waals surface area contributed by atoms with E-state index in [0.717, 1.165) is 24.9 Å². The molecule has 1 amide bonds. The summed E-state index contributed by atoms with van der Waals surface area (Å²) in [6.07, 6.45) is 5.18. The van der Waals surface area contributed by atoms with Crippen molar-refractivity contribution in [2.75, 3.05) is 25.1 Å². The molecule has 3 atom stereocenters. The molecule has 0 bridgehead atoms.